The molecule has 2 aromatic rings. The van der Waals surface area contributed by atoms with Crippen LogP contribution in [0.5, 0.6) is 5.75 Å². The van der Waals surface area contributed by atoms with Crippen molar-refractivity contribution in [2.24, 2.45) is 0 Å². The molecule has 1 unspecified atom stereocenters. The molecule has 1 atom stereocenters. The van der Waals surface area contributed by atoms with E-state index in [2.05, 4.69) is 5.32 Å². The zero-order chi connectivity index (χ0) is 18.6. The van der Waals surface area contributed by atoms with Gasteiger partial charge >= 0.3 is 6.09 Å². The molecule has 0 aromatic heterocycles. The first-order valence-corrected chi connectivity index (χ1v) is 9.64. The molecule has 1 heterocycles. The molecule has 1 aliphatic heterocycles. The number of hydrogen-bond acceptors (Lipinski definition) is 5. The Morgan fingerprint density at radius 3 is 2.69 bits per heavy atom. The van der Waals surface area contributed by atoms with Gasteiger partial charge in [0.2, 0.25) is 10.0 Å². The molecule has 26 heavy (non-hydrogen) atoms. The average molecular weight is 376 g/mol. The highest BCUT2D eigenvalue weighted by Gasteiger charge is 2.31. The molecule has 0 saturated carbocycles. The predicted octanol–water partition coefficient (Wildman–Crippen LogP) is 2.71. The average Bonchev–Trinajstić information content (AvgIpc) is 2.63. The van der Waals surface area contributed by atoms with Gasteiger partial charge in [-0.3, -0.25) is 5.32 Å². The van der Waals surface area contributed by atoms with Crippen molar-refractivity contribution in [1.29, 1.82) is 0 Å². The Hall–Kier alpha value is -2.42. The SMILES string of the molecule is CC1COCCN1S(=O)(=O)c1cccc(NC(=O)Oc2ccccc2)c1. The smallest absolute Gasteiger partial charge is 0.410 e. The fraction of sp³-hybridized carbons (Fsp3) is 0.278. The first kappa shape index (κ1) is 18.4. The third-order valence-electron chi connectivity index (χ3n) is 3.95. The number of nitrogens with one attached hydrogen (secondary N) is 1. The summed E-state index contributed by atoms with van der Waals surface area (Å²) in [4.78, 5) is 12.1. The molecule has 1 N–H and O–H groups in total. The fourth-order valence-electron chi connectivity index (χ4n) is 2.68. The molecule has 7 nitrogen and oxygen atoms in total. The third-order valence-corrected chi connectivity index (χ3v) is 5.96. The summed E-state index contributed by atoms with van der Waals surface area (Å²) < 4.78 is 37.6. The molecule has 1 amide bonds. The number of amides is 1. The normalized spacial score (nSPS) is 18.3. The largest absolute Gasteiger partial charge is 0.417 e. The van der Waals surface area contributed by atoms with Crippen molar-refractivity contribution >= 4 is 21.8 Å². The van der Waals surface area contributed by atoms with Gasteiger partial charge in [0.15, 0.2) is 0 Å². The minimum atomic E-state index is -3.67. The summed E-state index contributed by atoms with van der Waals surface area (Å²) in [7, 11) is -3.67. The van der Waals surface area contributed by atoms with Crippen molar-refractivity contribution in [1.82, 2.24) is 4.31 Å². The van der Waals surface area contributed by atoms with Gasteiger partial charge in [0, 0.05) is 18.3 Å². The summed E-state index contributed by atoms with van der Waals surface area (Å²) in [6.45, 7) is 2.83. The minimum Gasteiger partial charge on any atom is -0.410 e. The number of anilines is 1. The molecule has 2 aromatic carbocycles. The third kappa shape index (κ3) is 4.21. The Morgan fingerprint density at radius 1 is 1.19 bits per heavy atom. The highest BCUT2D eigenvalue weighted by Crippen LogP contribution is 2.23. The first-order valence-electron chi connectivity index (χ1n) is 8.20. The van der Waals surface area contributed by atoms with E-state index in [1.165, 1.54) is 16.4 Å². The number of rotatable bonds is 4. The van der Waals surface area contributed by atoms with Crippen LogP contribution in [0.15, 0.2) is 59.5 Å². The van der Waals surface area contributed by atoms with Crippen LogP contribution in [0, 0.1) is 0 Å². The van der Waals surface area contributed by atoms with Crippen molar-refractivity contribution < 1.29 is 22.7 Å². The van der Waals surface area contributed by atoms with Crippen LogP contribution in [0.1, 0.15) is 6.92 Å². The second kappa shape index (κ2) is 7.86. The van der Waals surface area contributed by atoms with Crippen LogP contribution in [0.3, 0.4) is 0 Å². The van der Waals surface area contributed by atoms with E-state index in [1.807, 2.05) is 6.07 Å². The van der Waals surface area contributed by atoms with Crippen molar-refractivity contribution in [2.75, 3.05) is 25.1 Å². The molecule has 0 spiro atoms. The number of morpholine rings is 1. The lowest BCUT2D eigenvalue weighted by atomic mass is 10.3. The molecule has 0 aliphatic carbocycles. The van der Waals surface area contributed by atoms with Gasteiger partial charge in [0.25, 0.3) is 0 Å². The second-order valence-corrected chi connectivity index (χ2v) is 7.79. The van der Waals surface area contributed by atoms with E-state index >= 15 is 0 Å². The number of ether oxygens (including phenoxy) is 2. The number of hydrogen-bond donors (Lipinski definition) is 1. The van der Waals surface area contributed by atoms with E-state index in [1.54, 1.807) is 43.3 Å². The lowest BCUT2D eigenvalue weighted by Gasteiger charge is -2.32. The second-order valence-electron chi connectivity index (χ2n) is 5.90. The zero-order valence-corrected chi connectivity index (χ0v) is 15.1. The molecule has 1 saturated heterocycles. The topological polar surface area (TPSA) is 84.9 Å². The predicted molar refractivity (Wildman–Crippen MR) is 96.7 cm³/mol. The maximum Gasteiger partial charge on any atom is 0.417 e. The molecule has 1 aliphatic rings. The van der Waals surface area contributed by atoms with Gasteiger partial charge in [-0.15, -0.1) is 0 Å². The van der Waals surface area contributed by atoms with Crippen molar-refractivity contribution in [3.8, 4) is 5.75 Å². The lowest BCUT2D eigenvalue weighted by molar-refractivity contribution is 0.0393. The number of carbonyl (C=O) groups excluding carboxylic acids is 1. The van der Waals surface area contributed by atoms with Crippen LogP contribution < -0.4 is 10.1 Å². The highest BCUT2D eigenvalue weighted by molar-refractivity contribution is 7.89. The van der Waals surface area contributed by atoms with Crippen LogP contribution >= 0.6 is 0 Å². The van der Waals surface area contributed by atoms with Crippen LogP contribution in [0.25, 0.3) is 0 Å². The molecule has 0 radical (unpaired) electrons. The maximum absolute atomic E-state index is 12.9. The summed E-state index contributed by atoms with van der Waals surface area (Å²) in [6, 6.07) is 14.5. The Kier molecular flexibility index (Phi) is 5.55. The molecular weight excluding hydrogens is 356 g/mol. The minimum absolute atomic E-state index is 0.115. The summed E-state index contributed by atoms with van der Waals surface area (Å²) in [5, 5.41) is 2.55. The lowest BCUT2D eigenvalue weighted by Crippen LogP contribution is -2.46. The highest BCUT2D eigenvalue weighted by atomic mass is 32.2. The van der Waals surface area contributed by atoms with Crippen molar-refractivity contribution in [2.45, 2.75) is 17.9 Å². The number of sulfonamides is 1. The van der Waals surface area contributed by atoms with E-state index in [0.29, 0.717) is 31.2 Å². The fourth-order valence-corrected chi connectivity index (χ4v) is 4.32. The zero-order valence-electron chi connectivity index (χ0n) is 14.3. The monoisotopic (exact) mass is 376 g/mol. The molecular formula is C18H20N2O5S. The quantitative estimate of drug-likeness (QED) is 0.887. The summed E-state index contributed by atoms with van der Waals surface area (Å²) in [5.74, 6) is 0.399. The Bertz CT molecular complexity index is 870. The molecule has 138 valence electrons. The molecule has 0 bridgehead atoms. The van der Waals surface area contributed by atoms with Gasteiger partial charge in [0.1, 0.15) is 5.75 Å². The maximum atomic E-state index is 12.9. The van der Waals surface area contributed by atoms with Crippen LogP contribution in [-0.4, -0.2) is 44.6 Å². The summed E-state index contributed by atoms with van der Waals surface area (Å²) in [6.07, 6.45) is -0.689. The Balaban J connectivity index is 1.74. The number of nitrogens with zero attached hydrogens (tertiary/aromatic N) is 1. The van der Waals surface area contributed by atoms with E-state index in [9.17, 15) is 13.2 Å². The van der Waals surface area contributed by atoms with Crippen LogP contribution in [0.4, 0.5) is 10.5 Å². The van der Waals surface area contributed by atoms with Gasteiger partial charge in [-0.25, -0.2) is 13.2 Å². The van der Waals surface area contributed by atoms with E-state index in [-0.39, 0.29) is 10.9 Å². The standard InChI is InChI=1S/C18H20N2O5S/c1-14-13-24-11-10-20(14)26(22,23)17-9-5-6-15(12-17)19-18(21)25-16-7-3-2-4-8-16/h2-9,12,14H,10-11,13H2,1H3,(H,19,21). The van der Waals surface area contributed by atoms with Gasteiger partial charge < -0.3 is 9.47 Å². The summed E-state index contributed by atoms with van der Waals surface area (Å²) >= 11 is 0. The number of benzene rings is 2. The van der Waals surface area contributed by atoms with Gasteiger partial charge in [0.05, 0.1) is 18.1 Å². The van der Waals surface area contributed by atoms with Crippen molar-refractivity contribution in [3.05, 3.63) is 54.6 Å². The van der Waals surface area contributed by atoms with Gasteiger partial charge in [-0.1, -0.05) is 24.3 Å². The van der Waals surface area contributed by atoms with E-state index < -0.39 is 16.1 Å². The Morgan fingerprint density at radius 2 is 1.96 bits per heavy atom. The molecule has 1 fully saturated rings. The van der Waals surface area contributed by atoms with Crippen LogP contribution in [-0.2, 0) is 14.8 Å². The summed E-state index contributed by atoms with van der Waals surface area (Å²) in [5.41, 5.74) is 0.341. The van der Waals surface area contributed by atoms with E-state index in [4.69, 9.17) is 9.47 Å². The number of carbonyl (C=O) groups is 1. The van der Waals surface area contributed by atoms with E-state index in [0.717, 1.165) is 0 Å². The molecule has 8 heteroatoms. The van der Waals surface area contributed by atoms with Crippen LogP contribution in [0.2, 0.25) is 0 Å². The number of para-hydroxylation sites is 1. The van der Waals surface area contributed by atoms with Gasteiger partial charge in [-0.2, -0.15) is 4.31 Å². The van der Waals surface area contributed by atoms with Crippen molar-refractivity contribution in [3.63, 3.8) is 0 Å². The van der Waals surface area contributed by atoms with Gasteiger partial charge in [-0.05, 0) is 37.3 Å². The first-order chi connectivity index (χ1) is 12.5. The Labute approximate surface area is 152 Å². The molecule has 3 rings (SSSR count).